The molecule has 0 aromatic heterocycles. The third-order valence-corrected chi connectivity index (χ3v) is 3.54. The second-order valence-electron chi connectivity index (χ2n) is 5.05. The van der Waals surface area contributed by atoms with Crippen LogP contribution < -0.4 is 5.73 Å². The Morgan fingerprint density at radius 3 is 1.95 bits per heavy atom. The summed E-state index contributed by atoms with van der Waals surface area (Å²) < 4.78 is 29.8. The molecule has 120 valence electrons. The molecule has 21 heavy (non-hydrogen) atoms. The van der Waals surface area contributed by atoms with E-state index in [4.69, 9.17) is 15.4 Å². The van der Waals surface area contributed by atoms with Crippen molar-refractivity contribution in [3.05, 3.63) is 29.8 Å². The summed E-state index contributed by atoms with van der Waals surface area (Å²) in [6, 6.07) is 5.47. The van der Waals surface area contributed by atoms with Gasteiger partial charge in [-0.2, -0.15) is 8.42 Å². The quantitative estimate of drug-likeness (QED) is 0.714. The number of hydrogen-bond acceptors (Lipinski definition) is 4. The number of benzene rings is 1. The highest BCUT2D eigenvalue weighted by atomic mass is 32.2. The zero-order valence-corrected chi connectivity index (χ0v) is 13.3. The number of hydrogen-bond donors (Lipinski definition) is 3. The van der Waals surface area contributed by atoms with Crippen molar-refractivity contribution in [2.24, 2.45) is 11.7 Å². The van der Waals surface area contributed by atoms with Crippen LogP contribution in [0, 0.1) is 5.92 Å². The van der Waals surface area contributed by atoms with Gasteiger partial charge in [0, 0.05) is 0 Å². The van der Waals surface area contributed by atoms with Gasteiger partial charge in [0.25, 0.3) is 10.1 Å². The molecule has 1 aromatic rings. The SMILES string of the molecule is CC(C)C[C@H](N)C(=O)O.CCc1ccc(S(=O)(=O)O)cc1. The fourth-order valence-electron chi connectivity index (χ4n) is 1.51. The predicted molar refractivity (Wildman–Crippen MR) is 80.7 cm³/mol. The summed E-state index contributed by atoms with van der Waals surface area (Å²) in [5, 5.41) is 8.31. The minimum absolute atomic E-state index is 0.0558. The van der Waals surface area contributed by atoms with Gasteiger partial charge in [-0.15, -0.1) is 0 Å². The number of aliphatic carboxylic acids is 1. The third-order valence-electron chi connectivity index (χ3n) is 2.67. The van der Waals surface area contributed by atoms with Gasteiger partial charge in [0.1, 0.15) is 6.04 Å². The lowest BCUT2D eigenvalue weighted by Crippen LogP contribution is -2.31. The second-order valence-corrected chi connectivity index (χ2v) is 6.47. The molecule has 0 amide bonds. The average molecular weight is 317 g/mol. The molecule has 4 N–H and O–H groups in total. The fraction of sp³-hybridized carbons (Fsp3) is 0.500. The Morgan fingerprint density at radius 1 is 1.24 bits per heavy atom. The van der Waals surface area contributed by atoms with E-state index in [2.05, 4.69) is 0 Å². The van der Waals surface area contributed by atoms with Crippen molar-refractivity contribution in [3.8, 4) is 0 Å². The minimum Gasteiger partial charge on any atom is -0.480 e. The Morgan fingerprint density at radius 2 is 1.71 bits per heavy atom. The molecule has 0 aliphatic heterocycles. The molecular formula is C14H23NO5S. The highest BCUT2D eigenvalue weighted by Crippen LogP contribution is 2.09. The molecule has 1 rings (SSSR count). The van der Waals surface area contributed by atoms with Crippen molar-refractivity contribution in [1.82, 2.24) is 0 Å². The molecule has 0 aliphatic carbocycles. The first-order chi connectivity index (χ1) is 9.57. The summed E-state index contributed by atoms with van der Waals surface area (Å²) in [7, 11) is -4.03. The van der Waals surface area contributed by atoms with Crippen LogP contribution in [-0.2, 0) is 21.3 Å². The zero-order chi connectivity index (χ0) is 16.6. The Bertz CT molecular complexity index is 537. The van der Waals surface area contributed by atoms with E-state index < -0.39 is 22.1 Å². The minimum atomic E-state index is -4.03. The molecule has 7 heteroatoms. The van der Waals surface area contributed by atoms with Gasteiger partial charge < -0.3 is 10.8 Å². The van der Waals surface area contributed by atoms with E-state index in [0.717, 1.165) is 12.0 Å². The van der Waals surface area contributed by atoms with Crippen molar-refractivity contribution in [1.29, 1.82) is 0 Å². The largest absolute Gasteiger partial charge is 0.480 e. The van der Waals surface area contributed by atoms with E-state index in [1.807, 2.05) is 20.8 Å². The van der Waals surface area contributed by atoms with Crippen LogP contribution in [0.5, 0.6) is 0 Å². The predicted octanol–water partition coefficient (Wildman–Crippen LogP) is 1.94. The van der Waals surface area contributed by atoms with Gasteiger partial charge in [0.05, 0.1) is 4.90 Å². The Labute approximate surface area is 125 Å². The van der Waals surface area contributed by atoms with Crippen LogP contribution in [0.1, 0.15) is 32.8 Å². The highest BCUT2D eigenvalue weighted by Gasteiger charge is 2.12. The maximum absolute atomic E-state index is 10.6. The first-order valence-corrected chi connectivity index (χ1v) is 8.06. The van der Waals surface area contributed by atoms with E-state index in [-0.39, 0.29) is 4.90 Å². The van der Waals surface area contributed by atoms with Gasteiger partial charge >= 0.3 is 5.97 Å². The molecule has 0 spiro atoms. The lowest BCUT2D eigenvalue weighted by molar-refractivity contribution is -0.138. The van der Waals surface area contributed by atoms with Gasteiger partial charge in [-0.05, 0) is 36.5 Å². The molecule has 1 aromatic carbocycles. The summed E-state index contributed by atoms with van der Waals surface area (Å²) >= 11 is 0. The molecule has 1 atom stereocenters. The van der Waals surface area contributed by atoms with Crippen molar-refractivity contribution in [2.75, 3.05) is 0 Å². The lowest BCUT2D eigenvalue weighted by Gasteiger charge is -2.07. The van der Waals surface area contributed by atoms with Crippen LogP contribution in [0.25, 0.3) is 0 Å². The van der Waals surface area contributed by atoms with Crippen LogP contribution in [0.15, 0.2) is 29.2 Å². The smallest absolute Gasteiger partial charge is 0.320 e. The van der Waals surface area contributed by atoms with E-state index in [0.29, 0.717) is 12.3 Å². The number of carbonyl (C=O) groups is 1. The van der Waals surface area contributed by atoms with Gasteiger partial charge in [-0.1, -0.05) is 32.9 Å². The third kappa shape index (κ3) is 8.44. The first-order valence-electron chi connectivity index (χ1n) is 6.62. The first kappa shape index (κ1) is 19.6. The summed E-state index contributed by atoms with van der Waals surface area (Å²) in [5.74, 6) is -0.556. The summed E-state index contributed by atoms with van der Waals surface area (Å²) in [6.45, 7) is 5.87. The lowest BCUT2D eigenvalue weighted by atomic mass is 10.1. The molecule has 0 heterocycles. The fourth-order valence-corrected chi connectivity index (χ4v) is 1.99. The van der Waals surface area contributed by atoms with E-state index in [9.17, 15) is 13.2 Å². The molecular weight excluding hydrogens is 294 g/mol. The molecule has 0 bridgehead atoms. The van der Waals surface area contributed by atoms with E-state index in [1.54, 1.807) is 12.1 Å². The molecule has 0 aliphatic rings. The van der Waals surface area contributed by atoms with Gasteiger partial charge in [-0.25, -0.2) is 0 Å². The normalized spacial score (nSPS) is 12.5. The number of aryl methyl sites for hydroxylation is 1. The highest BCUT2D eigenvalue weighted by molar-refractivity contribution is 7.85. The maximum atomic E-state index is 10.6. The summed E-state index contributed by atoms with van der Waals surface area (Å²) in [4.78, 5) is 10.1. The molecule has 0 saturated carbocycles. The topological polar surface area (TPSA) is 118 Å². The van der Waals surface area contributed by atoms with Gasteiger partial charge in [0.2, 0.25) is 0 Å². The van der Waals surface area contributed by atoms with Crippen LogP contribution in [0.4, 0.5) is 0 Å². The molecule has 6 nitrogen and oxygen atoms in total. The Hall–Kier alpha value is -1.44. The zero-order valence-electron chi connectivity index (χ0n) is 12.5. The molecule has 0 saturated heterocycles. The van der Waals surface area contributed by atoms with Crippen LogP contribution in [0.3, 0.4) is 0 Å². The van der Waals surface area contributed by atoms with E-state index in [1.165, 1.54) is 12.1 Å². The number of carboxylic acid groups (broad SMARTS) is 1. The molecule has 0 radical (unpaired) electrons. The van der Waals surface area contributed by atoms with Crippen LogP contribution in [0.2, 0.25) is 0 Å². The molecule has 0 fully saturated rings. The van der Waals surface area contributed by atoms with Gasteiger partial charge in [0.15, 0.2) is 0 Å². The standard InChI is InChI=1S/C8H10O3S.C6H13NO2/c1-2-7-3-5-8(6-4-7)12(9,10)11;1-4(2)3-5(7)6(8)9/h3-6H,2H2,1H3,(H,9,10,11);4-5H,3,7H2,1-2H3,(H,8,9)/t;5-/m.0/s1. The number of carboxylic acids is 1. The van der Waals surface area contributed by atoms with E-state index >= 15 is 0 Å². The van der Waals surface area contributed by atoms with Gasteiger partial charge in [-0.3, -0.25) is 9.35 Å². The van der Waals surface area contributed by atoms with Crippen LogP contribution in [-0.4, -0.2) is 30.1 Å². The van der Waals surface area contributed by atoms with Crippen molar-refractivity contribution in [3.63, 3.8) is 0 Å². The Balaban J connectivity index is 0.000000400. The summed E-state index contributed by atoms with van der Waals surface area (Å²) in [6.07, 6.45) is 1.40. The monoisotopic (exact) mass is 317 g/mol. The van der Waals surface area contributed by atoms with Crippen LogP contribution >= 0.6 is 0 Å². The maximum Gasteiger partial charge on any atom is 0.320 e. The molecule has 0 unspecified atom stereocenters. The Kier molecular flexibility index (Phi) is 8.16. The average Bonchev–Trinajstić information content (AvgIpc) is 2.37. The summed E-state index contributed by atoms with van der Waals surface area (Å²) in [5.41, 5.74) is 6.26. The number of nitrogens with two attached hydrogens (primary N) is 1. The van der Waals surface area contributed by atoms with Crippen molar-refractivity contribution < 1.29 is 22.9 Å². The van der Waals surface area contributed by atoms with Crippen molar-refractivity contribution >= 4 is 16.1 Å². The van der Waals surface area contributed by atoms with Crippen molar-refractivity contribution in [2.45, 2.75) is 44.6 Å². The number of rotatable bonds is 5. The second kappa shape index (κ2) is 8.76.